The van der Waals surface area contributed by atoms with Crippen LogP contribution in [0.2, 0.25) is 0 Å². The van der Waals surface area contributed by atoms with E-state index in [0.717, 1.165) is 4.90 Å². The molecule has 134 valence electrons. The minimum atomic E-state index is -0.908. The molecule has 1 fully saturated rings. The second-order valence-corrected chi connectivity index (χ2v) is 5.91. The Hall–Kier alpha value is -3.35. The number of hydrogen-bond acceptors (Lipinski definition) is 5. The van der Waals surface area contributed by atoms with Crippen molar-refractivity contribution in [3.8, 4) is 5.75 Å². The number of carbonyl (C=O) groups is 3. The summed E-state index contributed by atoms with van der Waals surface area (Å²) in [6, 6.07) is 12.9. The molecule has 1 atom stereocenters. The first-order valence-electron chi connectivity index (χ1n) is 8.06. The Morgan fingerprint density at radius 2 is 1.88 bits per heavy atom. The molecule has 1 aliphatic rings. The molecule has 0 aromatic heterocycles. The van der Waals surface area contributed by atoms with Crippen molar-refractivity contribution >= 4 is 29.2 Å². The van der Waals surface area contributed by atoms with Gasteiger partial charge < -0.3 is 15.2 Å². The number of nitrogens with one attached hydrogen (secondary N) is 1. The molecule has 1 unspecified atom stereocenters. The van der Waals surface area contributed by atoms with E-state index in [4.69, 9.17) is 9.84 Å². The summed E-state index contributed by atoms with van der Waals surface area (Å²) in [5.41, 5.74) is 1.73. The van der Waals surface area contributed by atoms with Crippen LogP contribution in [0.25, 0.3) is 0 Å². The van der Waals surface area contributed by atoms with Crippen molar-refractivity contribution in [2.45, 2.75) is 18.9 Å². The molecule has 1 saturated heterocycles. The fraction of sp³-hybridized carbons (Fsp3) is 0.211. The number of hydrogen-bond donors (Lipinski definition) is 2. The Balaban J connectivity index is 1.76. The molecule has 0 radical (unpaired) electrons. The van der Waals surface area contributed by atoms with E-state index in [0.29, 0.717) is 22.7 Å². The number of carbonyl (C=O) groups excluding carboxylic acids is 2. The molecule has 3 rings (SSSR count). The predicted molar refractivity (Wildman–Crippen MR) is 95.3 cm³/mol. The van der Waals surface area contributed by atoms with Crippen LogP contribution in [-0.4, -0.2) is 36.0 Å². The van der Waals surface area contributed by atoms with Gasteiger partial charge in [0.1, 0.15) is 11.8 Å². The number of para-hydroxylation sites is 2. The third kappa shape index (κ3) is 3.51. The Morgan fingerprint density at radius 3 is 2.54 bits per heavy atom. The average Bonchev–Trinajstić information content (AvgIpc) is 2.89. The fourth-order valence-electron chi connectivity index (χ4n) is 2.91. The lowest BCUT2D eigenvalue weighted by Gasteiger charge is -2.18. The van der Waals surface area contributed by atoms with Crippen LogP contribution in [0.15, 0.2) is 48.5 Å². The van der Waals surface area contributed by atoms with Crippen molar-refractivity contribution in [1.29, 1.82) is 0 Å². The quantitative estimate of drug-likeness (QED) is 0.771. The Morgan fingerprint density at radius 1 is 1.19 bits per heavy atom. The second kappa shape index (κ2) is 7.26. The van der Waals surface area contributed by atoms with Gasteiger partial charge in [-0.05, 0) is 29.8 Å². The van der Waals surface area contributed by atoms with Crippen LogP contribution in [0.3, 0.4) is 0 Å². The Kier molecular flexibility index (Phi) is 4.88. The van der Waals surface area contributed by atoms with E-state index < -0.39 is 12.0 Å². The van der Waals surface area contributed by atoms with Gasteiger partial charge in [0, 0.05) is 5.69 Å². The van der Waals surface area contributed by atoms with E-state index in [1.165, 1.54) is 7.11 Å². The maximum Gasteiger partial charge on any atom is 0.307 e. The van der Waals surface area contributed by atoms with Gasteiger partial charge in [0.2, 0.25) is 5.91 Å². The van der Waals surface area contributed by atoms with Crippen LogP contribution >= 0.6 is 0 Å². The van der Waals surface area contributed by atoms with Gasteiger partial charge in [-0.3, -0.25) is 14.4 Å². The van der Waals surface area contributed by atoms with Gasteiger partial charge in [0.05, 0.1) is 25.6 Å². The molecule has 2 aromatic rings. The molecule has 7 nitrogen and oxygen atoms in total. The molecule has 26 heavy (non-hydrogen) atoms. The molecule has 0 saturated carbocycles. The summed E-state index contributed by atoms with van der Waals surface area (Å²) < 4.78 is 5.24. The molecule has 1 aliphatic heterocycles. The molecule has 0 bridgehead atoms. The van der Waals surface area contributed by atoms with Gasteiger partial charge in [-0.2, -0.15) is 0 Å². The first-order chi connectivity index (χ1) is 12.5. The predicted octanol–water partition coefficient (Wildman–Crippen LogP) is 2.07. The number of ether oxygens (including phenoxy) is 1. The third-order valence-corrected chi connectivity index (χ3v) is 4.12. The Labute approximate surface area is 150 Å². The number of carboxylic acid groups (broad SMARTS) is 1. The highest BCUT2D eigenvalue weighted by Gasteiger charge is 2.40. The zero-order valence-electron chi connectivity index (χ0n) is 14.1. The van der Waals surface area contributed by atoms with Crippen LogP contribution in [0.4, 0.5) is 11.4 Å². The van der Waals surface area contributed by atoms with E-state index in [1.54, 1.807) is 48.5 Å². The lowest BCUT2D eigenvalue weighted by molar-refractivity contribution is -0.136. The van der Waals surface area contributed by atoms with E-state index in [-0.39, 0.29) is 24.7 Å². The maximum atomic E-state index is 12.7. The zero-order valence-corrected chi connectivity index (χ0v) is 14.1. The van der Waals surface area contributed by atoms with Gasteiger partial charge in [-0.1, -0.05) is 24.3 Å². The molecular formula is C19H18N2O5. The van der Waals surface area contributed by atoms with Crippen LogP contribution in [0, 0.1) is 0 Å². The molecule has 2 N–H and O–H groups in total. The number of nitrogens with zero attached hydrogens (tertiary/aromatic N) is 1. The molecule has 1 heterocycles. The molecule has 2 aromatic carbocycles. The highest BCUT2D eigenvalue weighted by Crippen LogP contribution is 2.32. The van der Waals surface area contributed by atoms with Crippen LogP contribution in [-0.2, 0) is 20.8 Å². The number of carboxylic acids is 1. The van der Waals surface area contributed by atoms with E-state index in [9.17, 15) is 14.4 Å². The number of amides is 2. The van der Waals surface area contributed by atoms with Crippen LogP contribution in [0.1, 0.15) is 12.0 Å². The molecular weight excluding hydrogens is 336 g/mol. The Bertz CT molecular complexity index is 847. The van der Waals surface area contributed by atoms with Crippen LogP contribution in [0.5, 0.6) is 5.75 Å². The standard InChI is InChI=1S/C19H18N2O5/c1-26-16-5-3-2-4-15(16)21-17(22)11-14(19(21)25)20-13-8-6-12(7-9-13)10-18(23)24/h2-9,14,20H,10-11H2,1H3,(H,23,24). The number of benzene rings is 2. The first kappa shape index (κ1) is 17.5. The van der Waals surface area contributed by atoms with Crippen LogP contribution < -0.4 is 15.0 Å². The number of methoxy groups -OCH3 is 1. The van der Waals surface area contributed by atoms with Gasteiger partial charge in [0.15, 0.2) is 0 Å². The smallest absolute Gasteiger partial charge is 0.307 e. The largest absolute Gasteiger partial charge is 0.495 e. The van der Waals surface area contributed by atoms with Crippen molar-refractivity contribution in [3.05, 3.63) is 54.1 Å². The third-order valence-electron chi connectivity index (χ3n) is 4.12. The van der Waals surface area contributed by atoms with Gasteiger partial charge in [-0.25, -0.2) is 4.90 Å². The fourth-order valence-corrected chi connectivity index (χ4v) is 2.91. The number of aliphatic carboxylic acids is 1. The lowest BCUT2D eigenvalue weighted by Crippen LogP contribution is -2.35. The van der Waals surface area contributed by atoms with Crippen molar-refractivity contribution in [1.82, 2.24) is 0 Å². The molecule has 0 spiro atoms. The number of anilines is 2. The summed E-state index contributed by atoms with van der Waals surface area (Å²) in [5, 5.41) is 11.8. The van der Waals surface area contributed by atoms with Gasteiger partial charge >= 0.3 is 5.97 Å². The monoisotopic (exact) mass is 354 g/mol. The summed E-state index contributed by atoms with van der Waals surface area (Å²) in [7, 11) is 1.48. The summed E-state index contributed by atoms with van der Waals surface area (Å²) >= 11 is 0. The molecule has 0 aliphatic carbocycles. The maximum absolute atomic E-state index is 12.7. The topological polar surface area (TPSA) is 95.9 Å². The van der Waals surface area contributed by atoms with E-state index in [1.807, 2.05) is 0 Å². The summed E-state index contributed by atoms with van der Waals surface area (Å²) in [5.74, 6) is -1.11. The first-order valence-corrected chi connectivity index (χ1v) is 8.06. The normalized spacial score (nSPS) is 16.7. The number of imide groups is 1. The van der Waals surface area contributed by atoms with Crippen molar-refractivity contribution in [3.63, 3.8) is 0 Å². The molecule has 2 amide bonds. The highest BCUT2D eigenvalue weighted by molar-refractivity contribution is 6.23. The minimum Gasteiger partial charge on any atom is -0.495 e. The van der Waals surface area contributed by atoms with Gasteiger partial charge in [0.25, 0.3) is 5.91 Å². The number of rotatable bonds is 6. The van der Waals surface area contributed by atoms with Crippen molar-refractivity contribution < 1.29 is 24.2 Å². The van der Waals surface area contributed by atoms with E-state index >= 15 is 0 Å². The SMILES string of the molecule is COc1ccccc1N1C(=O)CC(Nc2ccc(CC(=O)O)cc2)C1=O. The van der Waals surface area contributed by atoms with Crippen molar-refractivity contribution in [2.75, 3.05) is 17.3 Å². The zero-order chi connectivity index (χ0) is 18.7. The minimum absolute atomic E-state index is 0.0355. The van der Waals surface area contributed by atoms with Crippen molar-refractivity contribution in [2.24, 2.45) is 0 Å². The summed E-state index contributed by atoms with van der Waals surface area (Å²) in [6.07, 6.45) is -0.0313. The van der Waals surface area contributed by atoms with Gasteiger partial charge in [-0.15, -0.1) is 0 Å². The lowest BCUT2D eigenvalue weighted by atomic mass is 10.1. The second-order valence-electron chi connectivity index (χ2n) is 5.91. The molecule has 7 heteroatoms. The van der Waals surface area contributed by atoms with E-state index in [2.05, 4.69) is 5.32 Å². The average molecular weight is 354 g/mol. The highest BCUT2D eigenvalue weighted by atomic mass is 16.5. The summed E-state index contributed by atoms with van der Waals surface area (Å²) in [4.78, 5) is 36.9. The summed E-state index contributed by atoms with van der Waals surface area (Å²) in [6.45, 7) is 0.